The lowest BCUT2D eigenvalue weighted by molar-refractivity contribution is -0.154. The number of carbonyl (C=O) groups excluding carboxylic acids is 1. The number of esters is 1. The van der Waals surface area contributed by atoms with Crippen molar-refractivity contribution in [2.75, 3.05) is 33.0 Å². The fourth-order valence-corrected chi connectivity index (χ4v) is 6.02. The third-order valence-electron chi connectivity index (χ3n) is 8.20. The van der Waals surface area contributed by atoms with Crippen LogP contribution in [0, 0.1) is 0 Å². The van der Waals surface area contributed by atoms with Crippen molar-refractivity contribution in [2.45, 2.75) is 187 Å². The molecule has 0 aromatic rings. The van der Waals surface area contributed by atoms with E-state index in [4.69, 9.17) is 23.6 Å². The number of unbranched alkanes of at least 4 members (excludes halogenated alkanes) is 21. The average Bonchev–Trinajstić information content (AvgIpc) is 3.06. The summed E-state index contributed by atoms with van der Waals surface area (Å²) in [6.07, 6.45) is 31.6. The van der Waals surface area contributed by atoms with Gasteiger partial charge in [-0.05, 0) is 38.5 Å². The van der Waals surface area contributed by atoms with Crippen LogP contribution in [0.4, 0.5) is 0 Å². The zero-order valence-electron chi connectivity index (χ0n) is 30.3. The molecule has 3 atom stereocenters. The van der Waals surface area contributed by atoms with E-state index in [1.54, 1.807) is 0 Å². The molecule has 3 unspecified atom stereocenters. The van der Waals surface area contributed by atoms with Gasteiger partial charge in [0.25, 0.3) is 0 Å². The van der Waals surface area contributed by atoms with Gasteiger partial charge in [-0.1, -0.05) is 142 Å². The van der Waals surface area contributed by atoms with E-state index in [1.165, 1.54) is 109 Å². The molecule has 0 spiro atoms. The second-order valence-electron chi connectivity index (χ2n) is 13.0. The molecule has 9 nitrogen and oxygen atoms in total. The number of allylic oxidation sites excluding steroid dienone is 2. The third kappa shape index (κ3) is 34.8. The van der Waals surface area contributed by atoms with Crippen LogP contribution in [0.2, 0.25) is 0 Å². The molecular weight excluding hydrogens is 619 g/mol. The molecule has 0 aromatic carbocycles. The highest BCUT2D eigenvalue weighted by molar-refractivity contribution is 7.47. The summed E-state index contributed by atoms with van der Waals surface area (Å²) >= 11 is 0. The number of carbonyl (C=O) groups is 1. The van der Waals surface area contributed by atoms with E-state index >= 15 is 0 Å². The smallest absolute Gasteiger partial charge is 0.457 e. The van der Waals surface area contributed by atoms with Crippen molar-refractivity contribution in [3.8, 4) is 0 Å². The Hall–Kier alpha value is -0.800. The van der Waals surface area contributed by atoms with Crippen molar-refractivity contribution in [1.82, 2.24) is 0 Å². The van der Waals surface area contributed by atoms with Gasteiger partial charge in [0.15, 0.2) is 0 Å². The van der Waals surface area contributed by atoms with Crippen molar-refractivity contribution in [3.05, 3.63) is 12.2 Å². The summed E-state index contributed by atoms with van der Waals surface area (Å²) in [4.78, 5) is 22.4. The van der Waals surface area contributed by atoms with Crippen LogP contribution in [0.25, 0.3) is 0 Å². The van der Waals surface area contributed by atoms with E-state index in [2.05, 4.69) is 26.0 Å². The van der Waals surface area contributed by atoms with Crippen molar-refractivity contribution in [3.63, 3.8) is 0 Å². The molecule has 0 saturated heterocycles. The molecule has 0 aliphatic carbocycles. The Morgan fingerprint density at radius 3 is 1.64 bits per heavy atom. The first-order valence-electron chi connectivity index (χ1n) is 19.2. The maximum absolute atomic E-state index is 12.5. The van der Waals surface area contributed by atoms with E-state index in [0.717, 1.165) is 44.9 Å². The van der Waals surface area contributed by atoms with Crippen LogP contribution < -0.4 is 0 Å². The Morgan fingerprint density at radius 1 is 0.638 bits per heavy atom. The van der Waals surface area contributed by atoms with E-state index < -0.39 is 33.2 Å². The second-order valence-corrected chi connectivity index (χ2v) is 14.4. The second kappa shape index (κ2) is 35.0. The molecule has 0 rings (SSSR count). The standard InChI is InChI=1S/C37H73O9P/c1-3-5-7-9-11-13-15-17-19-21-23-25-27-29-37(40)46-36(34-45-47(41,42)44-32-35(39)31-38)33-43-30-28-26-24-22-20-18-16-14-12-10-8-6-4-2/h12,14,35-36,38-39H,3-11,13,15-34H2,1-2H3,(H,41,42)/b14-12-. The monoisotopic (exact) mass is 692 g/mol. The van der Waals surface area contributed by atoms with Gasteiger partial charge in [0.1, 0.15) is 12.2 Å². The summed E-state index contributed by atoms with van der Waals surface area (Å²) in [5.41, 5.74) is 0. The van der Waals surface area contributed by atoms with E-state index in [0.29, 0.717) is 6.61 Å². The molecule has 0 amide bonds. The first-order chi connectivity index (χ1) is 22.8. The fraction of sp³-hybridized carbons (Fsp3) is 0.919. The molecule has 0 bridgehead atoms. The number of ether oxygens (including phenoxy) is 2. The Labute approximate surface area is 288 Å². The summed E-state index contributed by atoms with van der Waals surface area (Å²) in [6, 6.07) is 0. The molecule has 0 heterocycles. The maximum atomic E-state index is 12.5. The minimum atomic E-state index is -4.50. The molecule has 47 heavy (non-hydrogen) atoms. The predicted octanol–water partition coefficient (Wildman–Crippen LogP) is 9.75. The maximum Gasteiger partial charge on any atom is 0.472 e. The summed E-state index contributed by atoms with van der Waals surface area (Å²) in [7, 11) is -4.50. The molecule has 0 saturated carbocycles. The molecule has 0 radical (unpaired) electrons. The van der Waals surface area contributed by atoms with Crippen LogP contribution in [-0.2, 0) is 27.9 Å². The zero-order valence-corrected chi connectivity index (χ0v) is 31.2. The SMILES string of the molecule is CCCCC/C=C\CCCCCCCCOCC(COP(=O)(O)OCC(O)CO)OC(=O)CCCCCCCCCCCCCCC. The van der Waals surface area contributed by atoms with Gasteiger partial charge in [-0.25, -0.2) is 4.57 Å². The summed E-state index contributed by atoms with van der Waals surface area (Å²) in [5, 5.41) is 18.3. The summed E-state index contributed by atoms with van der Waals surface area (Å²) in [5.74, 6) is -0.384. The largest absolute Gasteiger partial charge is 0.472 e. The lowest BCUT2D eigenvalue weighted by Gasteiger charge is -2.20. The Balaban J connectivity index is 4.22. The van der Waals surface area contributed by atoms with Crippen LogP contribution in [0.15, 0.2) is 12.2 Å². The van der Waals surface area contributed by atoms with Crippen molar-refractivity contribution in [2.24, 2.45) is 0 Å². The highest BCUT2D eigenvalue weighted by Crippen LogP contribution is 2.43. The number of phosphoric ester groups is 1. The number of rotatable bonds is 37. The van der Waals surface area contributed by atoms with E-state index in [1.807, 2.05) is 0 Å². The normalized spacial score (nSPS) is 14.4. The highest BCUT2D eigenvalue weighted by atomic mass is 31.2. The number of hydrogen-bond acceptors (Lipinski definition) is 8. The van der Waals surface area contributed by atoms with Crippen molar-refractivity contribution in [1.29, 1.82) is 0 Å². The molecule has 0 fully saturated rings. The van der Waals surface area contributed by atoms with Gasteiger partial charge in [0.2, 0.25) is 0 Å². The topological polar surface area (TPSA) is 132 Å². The fourth-order valence-electron chi connectivity index (χ4n) is 5.23. The molecule has 0 aromatic heterocycles. The molecule has 0 aliphatic heterocycles. The average molecular weight is 693 g/mol. The quantitative estimate of drug-likeness (QED) is 0.0252. The molecule has 3 N–H and O–H groups in total. The lowest BCUT2D eigenvalue weighted by Crippen LogP contribution is -2.29. The molecule has 0 aliphatic rings. The van der Waals surface area contributed by atoms with E-state index in [-0.39, 0.29) is 25.6 Å². The number of hydrogen-bond donors (Lipinski definition) is 3. The van der Waals surface area contributed by atoms with Crippen molar-refractivity contribution >= 4 is 13.8 Å². The van der Waals surface area contributed by atoms with Gasteiger partial charge in [-0.15, -0.1) is 0 Å². The Bertz CT molecular complexity index is 749. The third-order valence-corrected chi connectivity index (χ3v) is 9.15. The predicted molar refractivity (Wildman–Crippen MR) is 191 cm³/mol. The Kier molecular flexibility index (Phi) is 34.4. The van der Waals surface area contributed by atoms with Gasteiger partial charge < -0.3 is 24.6 Å². The van der Waals surface area contributed by atoms with Gasteiger partial charge in [-0.2, -0.15) is 0 Å². The zero-order chi connectivity index (χ0) is 34.7. The number of phosphoric acid groups is 1. The van der Waals surface area contributed by atoms with Gasteiger partial charge in [-0.3, -0.25) is 13.8 Å². The minimum absolute atomic E-state index is 0.0498. The van der Waals surface area contributed by atoms with Gasteiger partial charge in [0, 0.05) is 13.0 Å². The molecule has 10 heteroatoms. The van der Waals surface area contributed by atoms with Crippen LogP contribution in [-0.4, -0.2) is 66.3 Å². The molecular formula is C37H73O9P. The minimum Gasteiger partial charge on any atom is -0.457 e. The molecule has 280 valence electrons. The number of aliphatic hydroxyl groups is 2. The van der Waals surface area contributed by atoms with Gasteiger partial charge >= 0.3 is 13.8 Å². The Morgan fingerprint density at radius 2 is 1.09 bits per heavy atom. The first-order valence-corrected chi connectivity index (χ1v) is 20.7. The number of aliphatic hydroxyl groups excluding tert-OH is 2. The van der Waals surface area contributed by atoms with Crippen LogP contribution >= 0.6 is 7.82 Å². The van der Waals surface area contributed by atoms with E-state index in [9.17, 15) is 19.4 Å². The van der Waals surface area contributed by atoms with Gasteiger partial charge in [0.05, 0.1) is 26.4 Å². The van der Waals surface area contributed by atoms with Crippen LogP contribution in [0.5, 0.6) is 0 Å². The summed E-state index contributed by atoms with van der Waals surface area (Å²) < 4.78 is 33.2. The van der Waals surface area contributed by atoms with Crippen LogP contribution in [0.1, 0.15) is 174 Å². The summed E-state index contributed by atoms with van der Waals surface area (Å²) in [6.45, 7) is 3.49. The first kappa shape index (κ1) is 46.2. The lowest BCUT2D eigenvalue weighted by atomic mass is 10.0. The van der Waals surface area contributed by atoms with Crippen LogP contribution in [0.3, 0.4) is 0 Å². The van der Waals surface area contributed by atoms with Crippen molar-refractivity contribution < 1.29 is 43.0 Å². The highest BCUT2D eigenvalue weighted by Gasteiger charge is 2.26.